The third-order valence-corrected chi connectivity index (χ3v) is 6.55. The lowest BCUT2D eigenvalue weighted by Gasteiger charge is -2.25. The molecular weight excluding hydrogens is 366 g/mol. The highest BCUT2D eigenvalue weighted by Gasteiger charge is 2.11. The van der Waals surface area contributed by atoms with Crippen molar-refractivity contribution >= 4 is 40.2 Å². The van der Waals surface area contributed by atoms with Crippen LogP contribution in [0.4, 0.5) is 17.1 Å². The van der Waals surface area contributed by atoms with Crippen molar-refractivity contribution in [3.63, 3.8) is 0 Å². The summed E-state index contributed by atoms with van der Waals surface area (Å²) < 4.78 is 0. The van der Waals surface area contributed by atoms with Gasteiger partial charge in [-0.25, -0.2) is 0 Å². The minimum absolute atomic E-state index is 1.03. The monoisotopic (exact) mass is 387 g/mol. The lowest BCUT2D eigenvalue weighted by Crippen LogP contribution is -2.09. The minimum atomic E-state index is 1.03. The SMILES string of the molecule is Cc1ccc(CSc2ccc(N(c3ccccc3)c3ccccc3)cc2)s1. The highest BCUT2D eigenvalue weighted by Crippen LogP contribution is 2.35. The van der Waals surface area contributed by atoms with Crippen LogP contribution in [0.15, 0.2) is 102 Å². The molecule has 27 heavy (non-hydrogen) atoms. The quantitative estimate of drug-likeness (QED) is 0.310. The molecule has 0 fully saturated rings. The van der Waals surface area contributed by atoms with Crippen LogP contribution in [0, 0.1) is 6.92 Å². The molecule has 1 heterocycles. The Morgan fingerprint density at radius 1 is 0.667 bits per heavy atom. The van der Waals surface area contributed by atoms with Gasteiger partial charge in [0.2, 0.25) is 0 Å². The molecule has 0 atom stereocenters. The third-order valence-electron chi connectivity index (χ3n) is 4.30. The molecule has 1 nitrogen and oxygen atoms in total. The molecule has 0 aliphatic carbocycles. The van der Waals surface area contributed by atoms with Gasteiger partial charge in [-0.1, -0.05) is 36.4 Å². The number of thioether (sulfide) groups is 1. The van der Waals surface area contributed by atoms with Gasteiger partial charge in [0, 0.05) is 37.5 Å². The summed E-state index contributed by atoms with van der Waals surface area (Å²) in [5, 5.41) is 0. The van der Waals surface area contributed by atoms with E-state index in [0.717, 1.165) is 17.1 Å². The Morgan fingerprint density at radius 3 is 1.74 bits per heavy atom. The highest BCUT2D eigenvalue weighted by molar-refractivity contribution is 7.98. The number of anilines is 3. The van der Waals surface area contributed by atoms with Crippen LogP contribution >= 0.6 is 23.1 Å². The molecule has 0 aliphatic rings. The number of thiophene rings is 1. The second-order valence-corrected chi connectivity index (χ2v) is 8.72. The number of hydrogen-bond acceptors (Lipinski definition) is 3. The van der Waals surface area contributed by atoms with Crippen molar-refractivity contribution in [2.24, 2.45) is 0 Å². The van der Waals surface area contributed by atoms with Gasteiger partial charge in [-0.15, -0.1) is 23.1 Å². The Bertz CT molecular complexity index is 936. The average Bonchev–Trinajstić information content (AvgIpc) is 3.14. The summed E-state index contributed by atoms with van der Waals surface area (Å²) in [6.07, 6.45) is 0. The fourth-order valence-corrected chi connectivity index (χ4v) is 4.84. The van der Waals surface area contributed by atoms with E-state index in [-0.39, 0.29) is 0 Å². The first kappa shape index (κ1) is 17.9. The molecule has 3 heteroatoms. The first-order valence-electron chi connectivity index (χ1n) is 8.98. The zero-order valence-electron chi connectivity index (χ0n) is 15.2. The van der Waals surface area contributed by atoms with E-state index in [0.29, 0.717) is 0 Å². The van der Waals surface area contributed by atoms with E-state index in [9.17, 15) is 0 Å². The van der Waals surface area contributed by atoms with Crippen molar-refractivity contribution in [3.8, 4) is 0 Å². The lowest BCUT2D eigenvalue weighted by molar-refractivity contribution is 1.27. The second kappa shape index (κ2) is 8.47. The molecule has 0 bridgehead atoms. The fourth-order valence-electron chi connectivity index (χ4n) is 3.01. The fraction of sp³-hybridized carbons (Fsp3) is 0.0833. The predicted octanol–water partition coefficient (Wildman–Crippen LogP) is 7.82. The van der Waals surface area contributed by atoms with Gasteiger partial charge >= 0.3 is 0 Å². The van der Waals surface area contributed by atoms with Crippen LogP contribution in [0.1, 0.15) is 9.75 Å². The number of rotatable bonds is 6. The van der Waals surface area contributed by atoms with Gasteiger partial charge in [0.1, 0.15) is 0 Å². The molecule has 3 aromatic carbocycles. The second-order valence-electron chi connectivity index (χ2n) is 6.30. The maximum Gasteiger partial charge on any atom is 0.0462 e. The van der Waals surface area contributed by atoms with Crippen LogP contribution < -0.4 is 4.90 Å². The Hall–Kier alpha value is -2.49. The average molecular weight is 388 g/mol. The van der Waals surface area contributed by atoms with E-state index in [4.69, 9.17) is 0 Å². The van der Waals surface area contributed by atoms with E-state index < -0.39 is 0 Å². The summed E-state index contributed by atoms with van der Waals surface area (Å²) in [5.41, 5.74) is 3.50. The number of benzene rings is 3. The molecule has 0 unspecified atom stereocenters. The standard InChI is InChI=1S/C24H21NS2/c1-19-12-15-24(27-19)18-26-23-16-13-22(14-17-23)25(20-8-4-2-5-9-20)21-10-6-3-7-11-21/h2-17H,18H2,1H3. The first-order chi connectivity index (χ1) is 13.3. The van der Waals surface area contributed by atoms with E-state index in [1.54, 1.807) is 0 Å². The van der Waals surface area contributed by atoms with E-state index in [1.165, 1.54) is 20.3 Å². The van der Waals surface area contributed by atoms with Crippen LogP contribution in [-0.2, 0) is 5.75 Å². The van der Waals surface area contributed by atoms with Crippen LogP contribution in [0.25, 0.3) is 0 Å². The summed E-state index contributed by atoms with van der Waals surface area (Å²) in [7, 11) is 0. The van der Waals surface area contributed by atoms with Gasteiger partial charge in [0.15, 0.2) is 0 Å². The van der Waals surface area contributed by atoms with Gasteiger partial charge in [0.25, 0.3) is 0 Å². The summed E-state index contributed by atoms with van der Waals surface area (Å²) in [6.45, 7) is 2.16. The Kier molecular flexibility index (Phi) is 5.61. The highest BCUT2D eigenvalue weighted by atomic mass is 32.2. The summed E-state index contributed by atoms with van der Waals surface area (Å²) in [4.78, 5) is 6.39. The molecule has 0 spiro atoms. The Balaban J connectivity index is 1.57. The van der Waals surface area contributed by atoms with E-state index >= 15 is 0 Å². The van der Waals surface area contributed by atoms with Crippen molar-refractivity contribution in [1.29, 1.82) is 0 Å². The van der Waals surface area contributed by atoms with Gasteiger partial charge in [0.05, 0.1) is 0 Å². The minimum Gasteiger partial charge on any atom is -0.311 e. The van der Waals surface area contributed by atoms with E-state index in [1.807, 2.05) is 23.1 Å². The first-order valence-corrected chi connectivity index (χ1v) is 10.8. The largest absolute Gasteiger partial charge is 0.311 e. The normalized spacial score (nSPS) is 10.7. The molecule has 1 aromatic heterocycles. The number of para-hydroxylation sites is 2. The molecular formula is C24H21NS2. The number of nitrogens with zero attached hydrogens (tertiary/aromatic N) is 1. The molecule has 0 N–H and O–H groups in total. The molecule has 0 saturated heterocycles. The topological polar surface area (TPSA) is 3.24 Å². The predicted molar refractivity (Wildman–Crippen MR) is 120 cm³/mol. The molecule has 0 aliphatic heterocycles. The third kappa shape index (κ3) is 4.44. The van der Waals surface area contributed by atoms with Crippen LogP contribution in [0.3, 0.4) is 0 Å². The molecule has 134 valence electrons. The van der Waals surface area contributed by atoms with Crippen molar-refractivity contribution in [1.82, 2.24) is 0 Å². The lowest BCUT2D eigenvalue weighted by atomic mass is 10.2. The molecule has 0 amide bonds. The van der Waals surface area contributed by atoms with Crippen molar-refractivity contribution in [2.45, 2.75) is 17.6 Å². The van der Waals surface area contributed by atoms with Crippen LogP contribution in [0.5, 0.6) is 0 Å². The summed E-state index contributed by atoms with van der Waals surface area (Å²) in [5.74, 6) is 1.03. The maximum absolute atomic E-state index is 2.29. The van der Waals surface area contributed by atoms with E-state index in [2.05, 4.69) is 109 Å². The van der Waals surface area contributed by atoms with Crippen LogP contribution in [-0.4, -0.2) is 0 Å². The van der Waals surface area contributed by atoms with Crippen LogP contribution in [0.2, 0.25) is 0 Å². The summed E-state index contributed by atoms with van der Waals surface area (Å²) >= 11 is 3.77. The zero-order chi connectivity index (χ0) is 18.5. The van der Waals surface area contributed by atoms with Gasteiger partial charge in [-0.05, 0) is 67.6 Å². The van der Waals surface area contributed by atoms with Crippen molar-refractivity contribution < 1.29 is 0 Å². The number of hydrogen-bond donors (Lipinski definition) is 0. The Morgan fingerprint density at radius 2 is 1.22 bits per heavy atom. The number of aryl methyl sites for hydroxylation is 1. The van der Waals surface area contributed by atoms with Crippen molar-refractivity contribution in [3.05, 3.63) is 107 Å². The van der Waals surface area contributed by atoms with Crippen molar-refractivity contribution in [2.75, 3.05) is 4.90 Å². The molecule has 4 rings (SSSR count). The summed E-state index contributed by atoms with van der Waals surface area (Å²) in [6, 6.07) is 34.3. The maximum atomic E-state index is 2.29. The van der Waals surface area contributed by atoms with Gasteiger partial charge in [-0.3, -0.25) is 0 Å². The van der Waals surface area contributed by atoms with Gasteiger partial charge < -0.3 is 4.90 Å². The zero-order valence-corrected chi connectivity index (χ0v) is 16.8. The molecule has 0 radical (unpaired) electrons. The molecule has 0 saturated carbocycles. The Labute approximate surface area is 169 Å². The van der Waals surface area contributed by atoms with Gasteiger partial charge in [-0.2, -0.15) is 0 Å². The molecule has 4 aromatic rings. The smallest absolute Gasteiger partial charge is 0.0462 e.